The van der Waals surface area contributed by atoms with E-state index in [0.29, 0.717) is 37.1 Å². The maximum Gasteiger partial charge on any atom is 0.347 e. The molecule has 0 radical (unpaired) electrons. The van der Waals surface area contributed by atoms with Crippen molar-refractivity contribution in [2.75, 3.05) is 6.61 Å². The third-order valence-corrected chi connectivity index (χ3v) is 4.32. The predicted octanol–water partition coefficient (Wildman–Crippen LogP) is 5.18. The fourth-order valence-electron chi connectivity index (χ4n) is 2.76. The van der Waals surface area contributed by atoms with E-state index in [1.165, 1.54) is 0 Å². The van der Waals surface area contributed by atoms with Gasteiger partial charge in [-0.05, 0) is 37.1 Å². The van der Waals surface area contributed by atoms with Gasteiger partial charge in [0.1, 0.15) is 19.0 Å². The molecule has 0 saturated heterocycles. The lowest BCUT2D eigenvalue weighted by Gasteiger charge is -2.18. The van der Waals surface area contributed by atoms with Crippen LogP contribution < -0.4 is 14.2 Å². The van der Waals surface area contributed by atoms with Crippen molar-refractivity contribution in [2.24, 2.45) is 0 Å². The number of rotatable bonds is 10. The lowest BCUT2D eigenvalue weighted by molar-refractivity contribution is -0.150. The smallest absolute Gasteiger partial charge is 0.347 e. The van der Waals surface area contributed by atoms with Crippen LogP contribution >= 0.6 is 0 Å². The van der Waals surface area contributed by atoms with E-state index in [2.05, 4.69) is 0 Å². The molecular formula is C25H26O5. The summed E-state index contributed by atoms with van der Waals surface area (Å²) in [6, 6.07) is 25.1. The molecule has 0 heterocycles. The van der Waals surface area contributed by atoms with Gasteiger partial charge in [0.2, 0.25) is 0 Å². The molecule has 0 aliphatic heterocycles. The minimum Gasteiger partial charge on any atom is -0.489 e. The van der Waals surface area contributed by atoms with Crippen LogP contribution in [0.15, 0.2) is 78.9 Å². The molecule has 0 unspecified atom stereocenters. The number of hydrogen-bond acceptors (Lipinski definition) is 5. The van der Waals surface area contributed by atoms with E-state index >= 15 is 0 Å². The van der Waals surface area contributed by atoms with Crippen LogP contribution in [0.3, 0.4) is 0 Å². The van der Waals surface area contributed by atoms with Crippen LogP contribution in [0.25, 0.3) is 0 Å². The molecule has 30 heavy (non-hydrogen) atoms. The molecule has 3 rings (SSSR count). The molecule has 0 aliphatic rings. The monoisotopic (exact) mass is 406 g/mol. The Balaban J connectivity index is 1.74. The Bertz CT molecular complexity index is 925. The van der Waals surface area contributed by atoms with Gasteiger partial charge in [0.15, 0.2) is 17.6 Å². The fourth-order valence-corrected chi connectivity index (χ4v) is 2.76. The van der Waals surface area contributed by atoms with Crippen LogP contribution in [-0.4, -0.2) is 18.7 Å². The summed E-state index contributed by atoms with van der Waals surface area (Å²) < 4.78 is 22.7. The number of esters is 1. The molecule has 0 aliphatic carbocycles. The SMILES string of the molecule is CCOC(=O)[C@@H](C)Oc1cc(OCc2ccccc2)ccc1OCc1ccccc1. The Kier molecular flexibility index (Phi) is 7.72. The minimum atomic E-state index is -0.770. The molecule has 0 bridgehead atoms. The van der Waals surface area contributed by atoms with Crippen LogP contribution in [0.4, 0.5) is 0 Å². The van der Waals surface area contributed by atoms with Gasteiger partial charge in [-0.25, -0.2) is 4.79 Å². The van der Waals surface area contributed by atoms with Gasteiger partial charge < -0.3 is 18.9 Å². The first-order valence-corrected chi connectivity index (χ1v) is 9.96. The number of ether oxygens (including phenoxy) is 4. The van der Waals surface area contributed by atoms with E-state index in [9.17, 15) is 4.79 Å². The lowest BCUT2D eigenvalue weighted by atomic mass is 10.2. The molecule has 3 aromatic rings. The Morgan fingerprint density at radius 1 is 0.800 bits per heavy atom. The first kappa shape index (κ1) is 21.2. The first-order chi connectivity index (χ1) is 14.7. The molecule has 3 aromatic carbocycles. The maximum atomic E-state index is 12.0. The Labute approximate surface area is 177 Å². The van der Waals surface area contributed by atoms with Gasteiger partial charge in [-0.15, -0.1) is 0 Å². The molecule has 5 nitrogen and oxygen atoms in total. The summed E-state index contributed by atoms with van der Waals surface area (Å²) in [5.74, 6) is 1.15. The zero-order chi connectivity index (χ0) is 21.2. The highest BCUT2D eigenvalue weighted by Crippen LogP contribution is 2.33. The van der Waals surface area contributed by atoms with E-state index in [0.717, 1.165) is 11.1 Å². The maximum absolute atomic E-state index is 12.0. The second kappa shape index (κ2) is 10.9. The van der Waals surface area contributed by atoms with Crippen molar-refractivity contribution in [1.82, 2.24) is 0 Å². The van der Waals surface area contributed by atoms with Gasteiger partial charge in [0.05, 0.1) is 6.61 Å². The molecule has 0 spiro atoms. The Morgan fingerprint density at radius 3 is 2.00 bits per heavy atom. The van der Waals surface area contributed by atoms with Crippen molar-refractivity contribution in [3.8, 4) is 17.2 Å². The van der Waals surface area contributed by atoms with E-state index < -0.39 is 12.1 Å². The quantitative estimate of drug-likeness (QED) is 0.435. The summed E-state index contributed by atoms with van der Waals surface area (Å²) >= 11 is 0. The van der Waals surface area contributed by atoms with E-state index in [1.807, 2.05) is 66.7 Å². The summed E-state index contributed by atoms with van der Waals surface area (Å²) in [6.07, 6.45) is -0.770. The summed E-state index contributed by atoms with van der Waals surface area (Å²) in [6.45, 7) is 4.52. The largest absolute Gasteiger partial charge is 0.489 e. The molecule has 5 heteroatoms. The van der Waals surface area contributed by atoms with Crippen LogP contribution in [-0.2, 0) is 22.7 Å². The number of carbonyl (C=O) groups excluding carboxylic acids is 1. The van der Waals surface area contributed by atoms with Crippen LogP contribution in [0.1, 0.15) is 25.0 Å². The van der Waals surface area contributed by atoms with Gasteiger partial charge in [-0.3, -0.25) is 0 Å². The topological polar surface area (TPSA) is 54.0 Å². The van der Waals surface area contributed by atoms with E-state index in [4.69, 9.17) is 18.9 Å². The fraction of sp³-hybridized carbons (Fsp3) is 0.240. The molecule has 0 aromatic heterocycles. The molecule has 0 amide bonds. The van der Waals surface area contributed by atoms with Crippen LogP contribution in [0.2, 0.25) is 0 Å². The van der Waals surface area contributed by atoms with Gasteiger partial charge in [-0.2, -0.15) is 0 Å². The highest BCUT2D eigenvalue weighted by atomic mass is 16.6. The highest BCUT2D eigenvalue weighted by molar-refractivity contribution is 5.74. The van der Waals surface area contributed by atoms with Crippen molar-refractivity contribution >= 4 is 5.97 Å². The standard InChI is InChI=1S/C25H26O5/c1-3-27-25(26)19(2)30-24-16-22(28-17-20-10-6-4-7-11-20)14-15-23(24)29-18-21-12-8-5-9-13-21/h4-16,19H,3,17-18H2,1-2H3/t19-/m1/s1. The third kappa shape index (κ3) is 6.27. The van der Waals surface area contributed by atoms with E-state index in [-0.39, 0.29) is 0 Å². The number of carbonyl (C=O) groups is 1. The lowest BCUT2D eigenvalue weighted by Crippen LogP contribution is -2.26. The summed E-state index contributed by atoms with van der Waals surface area (Å²) in [5, 5.41) is 0. The molecule has 0 fully saturated rings. The van der Waals surface area contributed by atoms with Gasteiger partial charge >= 0.3 is 5.97 Å². The molecule has 0 saturated carbocycles. The summed E-state index contributed by atoms with van der Waals surface area (Å²) in [7, 11) is 0. The third-order valence-electron chi connectivity index (χ3n) is 4.32. The van der Waals surface area contributed by atoms with Crippen molar-refractivity contribution in [1.29, 1.82) is 0 Å². The Morgan fingerprint density at radius 2 is 1.40 bits per heavy atom. The van der Waals surface area contributed by atoms with Crippen molar-refractivity contribution in [3.63, 3.8) is 0 Å². The molecule has 0 N–H and O–H groups in total. The molecule has 156 valence electrons. The zero-order valence-corrected chi connectivity index (χ0v) is 17.2. The van der Waals surface area contributed by atoms with Gasteiger partial charge in [0.25, 0.3) is 0 Å². The van der Waals surface area contributed by atoms with Crippen LogP contribution in [0.5, 0.6) is 17.2 Å². The average Bonchev–Trinajstić information content (AvgIpc) is 2.78. The first-order valence-electron chi connectivity index (χ1n) is 9.96. The van der Waals surface area contributed by atoms with Crippen molar-refractivity contribution in [2.45, 2.75) is 33.2 Å². The molecular weight excluding hydrogens is 380 g/mol. The number of benzene rings is 3. The summed E-state index contributed by atoms with van der Waals surface area (Å²) in [5.41, 5.74) is 2.09. The van der Waals surface area contributed by atoms with Gasteiger partial charge in [0, 0.05) is 6.07 Å². The molecule has 1 atom stereocenters. The Hall–Kier alpha value is -3.47. The highest BCUT2D eigenvalue weighted by Gasteiger charge is 2.19. The van der Waals surface area contributed by atoms with Gasteiger partial charge in [-0.1, -0.05) is 60.7 Å². The minimum absolute atomic E-state index is 0.296. The predicted molar refractivity (Wildman–Crippen MR) is 115 cm³/mol. The van der Waals surface area contributed by atoms with Crippen molar-refractivity contribution in [3.05, 3.63) is 90.0 Å². The summed E-state index contributed by atoms with van der Waals surface area (Å²) in [4.78, 5) is 12.0. The second-order valence-corrected chi connectivity index (χ2v) is 6.67. The zero-order valence-electron chi connectivity index (χ0n) is 17.2. The normalized spacial score (nSPS) is 11.4. The number of hydrogen-bond donors (Lipinski definition) is 0. The van der Waals surface area contributed by atoms with Crippen LogP contribution in [0, 0.1) is 0 Å². The van der Waals surface area contributed by atoms with E-state index in [1.54, 1.807) is 26.0 Å². The average molecular weight is 406 g/mol. The van der Waals surface area contributed by atoms with Crippen molar-refractivity contribution < 1.29 is 23.7 Å². The second-order valence-electron chi connectivity index (χ2n) is 6.67.